The number of likely N-dealkylation sites (tertiary alicyclic amines) is 1. The second kappa shape index (κ2) is 5.48. The highest BCUT2D eigenvalue weighted by Gasteiger charge is 2.37. The molecule has 2 aliphatic heterocycles. The molecule has 2 aliphatic rings. The van der Waals surface area contributed by atoms with Crippen LogP contribution < -0.4 is 5.32 Å². The SMILES string of the molecule is CN1CCNC(CC(=O)N2CCCC(F)(F)C2)C1. The van der Waals surface area contributed by atoms with Crippen molar-refractivity contribution < 1.29 is 13.6 Å². The van der Waals surface area contributed by atoms with Crippen LogP contribution in [-0.4, -0.2) is 67.4 Å². The average Bonchev–Trinajstić information content (AvgIpc) is 2.27. The van der Waals surface area contributed by atoms with Gasteiger partial charge in [-0.1, -0.05) is 0 Å². The van der Waals surface area contributed by atoms with E-state index in [-0.39, 0.29) is 18.4 Å². The Morgan fingerprint density at radius 3 is 2.89 bits per heavy atom. The van der Waals surface area contributed by atoms with Crippen molar-refractivity contribution in [3.63, 3.8) is 0 Å². The molecule has 0 bridgehead atoms. The number of alkyl halides is 2. The molecule has 1 unspecified atom stereocenters. The van der Waals surface area contributed by atoms with E-state index in [4.69, 9.17) is 0 Å². The lowest BCUT2D eigenvalue weighted by atomic mass is 10.1. The van der Waals surface area contributed by atoms with E-state index in [9.17, 15) is 13.6 Å². The summed E-state index contributed by atoms with van der Waals surface area (Å²) in [5, 5.41) is 3.26. The third-order valence-electron chi connectivity index (χ3n) is 3.63. The van der Waals surface area contributed by atoms with Crippen molar-refractivity contribution in [1.82, 2.24) is 15.1 Å². The van der Waals surface area contributed by atoms with E-state index in [2.05, 4.69) is 10.2 Å². The first kappa shape index (κ1) is 13.7. The van der Waals surface area contributed by atoms with Crippen LogP contribution in [0, 0.1) is 0 Å². The van der Waals surface area contributed by atoms with E-state index in [0.29, 0.717) is 19.4 Å². The molecule has 6 heteroatoms. The lowest BCUT2D eigenvalue weighted by Crippen LogP contribution is -2.52. The molecule has 2 heterocycles. The minimum Gasteiger partial charge on any atom is -0.337 e. The molecule has 18 heavy (non-hydrogen) atoms. The summed E-state index contributed by atoms with van der Waals surface area (Å²) >= 11 is 0. The van der Waals surface area contributed by atoms with Crippen LogP contribution in [0.25, 0.3) is 0 Å². The van der Waals surface area contributed by atoms with Crippen LogP contribution in [-0.2, 0) is 4.79 Å². The number of hydrogen-bond acceptors (Lipinski definition) is 3. The predicted octanol–water partition coefficient (Wildman–Crippen LogP) is 0.538. The Morgan fingerprint density at radius 2 is 2.22 bits per heavy atom. The first-order chi connectivity index (χ1) is 8.46. The fourth-order valence-electron chi connectivity index (χ4n) is 2.65. The van der Waals surface area contributed by atoms with E-state index in [0.717, 1.165) is 19.6 Å². The Bertz CT molecular complexity index is 312. The molecule has 0 aromatic rings. The van der Waals surface area contributed by atoms with Crippen LogP contribution >= 0.6 is 0 Å². The molecule has 0 aromatic carbocycles. The standard InChI is InChI=1S/C12H21F2N3O/c1-16-6-4-15-10(8-16)7-11(18)17-5-2-3-12(13,14)9-17/h10,15H,2-9H2,1H3. The van der Waals surface area contributed by atoms with E-state index in [1.54, 1.807) is 0 Å². The quantitative estimate of drug-likeness (QED) is 0.788. The molecule has 0 spiro atoms. The van der Waals surface area contributed by atoms with E-state index in [1.165, 1.54) is 4.90 Å². The molecular weight excluding hydrogens is 240 g/mol. The van der Waals surface area contributed by atoms with Crippen molar-refractivity contribution in [3.8, 4) is 0 Å². The Morgan fingerprint density at radius 1 is 1.44 bits per heavy atom. The van der Waals surface area contributed by atoms with Crippen LogP contribution in [0.1, 0.15) is 19.3 Å². The number of piperazine rings is 1. The maximum atomic E-state index is 13.2. The average molecular weight is 261 g/mol. The molecule has 1 N–H and O–H groups in total. The highest BCUT2D eigenvalue weighted by Crippen LogP contribution is 2.26. The number of hydrogen-bond donors (Lipinski definition) is 1. The van der Waals surface area contributed by atoms with Crippen molar-refractivity contribution in [3.05, 3.63) is 0 Å². The second-order valence-electron chi connectivity index (χ2n) is 5.39. The van der Waals surface area contributed by atoms with Gasteiger partial charge in [-0.25, -0.2) is 8.78 Å². The van der Waals surface area contributed by atoms with Crippen molar-refractivity contribution in [2.45, 2.75) is 31.2 Å². The van der Waals surface area contributed by atoms with Crippen molar-refractivity contribution in [2.24, 2.45) is 0 Å². The summed E-state index contributed by atoms with van der Waals surface area (Å²) in [6, 6.07) is 0.0896. The van der Waals surface area contributed by atoms with Gasteiger partial charge in [0.2, 0.25) is 5.91 Å². The van der Waals surface area contributed by atoms with Crippen LogP contribution in [0.2, 0.25) is 0 Å². The number of carbonyl (C=O) groups excluding carboxylic acids is 1. The van der Waals surface area contributed by atoms with Crippen molar-refractivity contribution in [2.75, 3.05) is 39.8 Å². The third kappa shape index (κ3) is 3.62. The van der Waals surface area contributed by atoms with E-state index < -0.39 is 12.5 Å². The summed E-state index contributed by atoms with van der Waals surface area (Å²) in [4.78, 5) is 15.5. The van der Waals surface area contributed by atoms with Gasteiger partial charge in [-0.2, -0.15) is 0 Å². The molecule has 104 valence electrons. The number of nitrogens with zero attached hydrogens (tertiary/aromatic N) is 2. The van der Waals surface area contributed by atoms with E-state index >= 15 is 0 Å². The zero-order chi connectivity index (χ0) is 13.2. The highest BCUT2D eigenvalue weighted by molar-refractivity contribution is 5.77. The Balaban J connectivity index is 1.83. The lowest BCUT2D eigenvalue weighted by molar-refractivity contribution is -0.142. The fourth-order valence-corrected chi connectivity index (χ4v) is 2.65. The minimum absolute atomic E-state index is 0.0896. The molecule has 0 saturated carbocycles. The summed E-state index contributed by atoms with van der Waals surface area (Å²) in [5.74, 6) is -2.85. The fraction of sp³-hybridized carbons (Fsp3) is 0.917. The number of halogens is 2. The number of nitrogens with one attached hydrogen (secondary N) is 1. The first-order valence-electron chi connectivity index (χ1n) is 6.54. The lowest BCUT2D eigenvalue weighted by Gasteiger charge is -2.35. The number of likely N-dealkylation sites (N-methyl/N-ethyl adjacent to an activating group) is 1. The summed E-state index contributed by atoms with van der Waals surface area (Å²) in [7, 11) is 2.01. The molecule has 0 radical (unpaired) electrons. The van der Waals surface area contributed by atoms with Gasteiger partial charge in [-0.05, 0) is 13.5 Å². The first-order valence-corrected chi connectivity index (χ1v) is 6.54. The maximum Gasteiger partial charge on any atom is 0.265 e. The molecule has 2 saturated heterocycles. The van der Waals surface area contributed by atoms with Gasteiger partial charge in [0.15, 0.2) is 0 Å². The van der Waals surface area contributed by atoms with Gasteiger partial charge < -0.3 is 15.1 Å². The van der Waals surface area contributed by atoms with Gasteiger partial charge in [-0.3, -0.25) is 4.79 Å². The van der Waals surface area contributed by atoms with Crippen LogP contribution in [0.3, 0.4) is 0 Å². The van der Waals surface area contributed by atoms with Crippen LogP contribution in [0.5, 0.6) is 0 Å². The summed E-state index contributed by atoms with van der Waals surface area (Å²) in [5.41, 5.74) is 0. The van der Waals surface area contributed by atoms with Crippen LogP contribution in [0.4, 0.5) is 8.78 Å². The smallest absolute Gasteiger partial charge is 0.265 e. The largest absolute Gasteiger partial charge is 0.337 e. The summed E-state index contributed by atoms with van der Waals surface area (Å²) < 4.78 is 26.5. The van der Waals surface area contributed by atoms with Crippen LogP contribution in [0.15, 0.2) is 0 Å². The molecule has 1 amide bonds. The molecular formula is C12H21F2N3O. The number of piperidine rings is 1. The summed E-state index contributed by atoms with van der Waals surface area (Å²) in [6.45, 7) is 2.68. The molecule has 2 rings (SSSR count). The molecule has 0 aromatic heterocycles. The number of rotatable bonds is 2. The normalized spacial score (nSPS) is 29.3. The van der Waals surface area contributed by atoms with E-state index in [1.807, 2.05) is 7.05 Å². The zero-order valence-electron chi connectivity index (χ0n) is 10.8. The summed E-state index contributed by atoms with van der Waals surface area (Å²) in [6.07, 6.45) is 0.623. The number of carbonyl (C=O) groups is 1. The minimum atomic E-state index is -2.70. The molecule has 2 fully saturated rings. The van der Waals surface area contributed by atoms with Gasteiger partial charge in [0.05, 0.1) is 6.54 Å². The third-order valence-corrected chi connectivity index (χ3v) is 3.63. The van der Waals surface area contributed by atoms with Crippen molar-refractivity contribution >= 4 is 5.91 Å². The van der Waals surface area contributed by atoms with Gasteiger partial charge in [0.1, 0.15) is 0 Å². The van der Waals surface area contributed by atoms with Gasteiger partial charge >= 0.3 is 0 Å². The van der Waals surface area contributed by atoms with Gasteiger partial charge in [0.25, 0.3) is 5.92 Å². The molecule has 4 nitrogen and oxygen atoms in total. The Hall–Kier alpha value is -0.750. The van der Waals surface area contributed by atoms with Crippen molar-refractivity contribution in [1.29, 1.82) is 0 Å². The molecule has 0 aliphatic carbocycles. The second-order valence-corrected chi connectivity index (χ2v) is 5.39. The zero-order valence-corrected chi connectivity index (χ0v) is 10.8. The van der Waals surface area contributed by atoms with Gasteiger partial charge in [0, 0.05) is 45.1 Å². The Labute approximate surface area is 106 Å². The highest BCUT2D eigenvalue weighted by atomic mass is 19.3. The topological polar surface area (TPSA) is 35.6 Å². The monoisotopic (exact) mass is 261 g/mol. The molecule has 1 atom stereocenters. The Kier molecular flexibility index (Phi) is 4.17. The predicted molar refractivity (Wildman–Crippen MR) is 64.7 cm³/mol. The van der Waals surface area contributed by atoms with Gasteiger partial charge in [-0.15, -0.1) is 0 Å². The number of amides is 1. The maximum absolute atomic E-state index is 13.2.